The van der Waals surface area contributed by atoms with Crippen LogP contribution in [0.1, 0.15) is 46.5 Å². The first kappa shape index (κ1) is 15.9. The number of aliphatic carboxylic acids is 1. The lowest BCUT2D eigenvalue weighted by Crippen LogP contribution is -2.34. The van der Waals surface area contributed by atoms with Gasteiger partial charge in [-0.2, -0.15) is 0 Å². The maximum atomic E-state index is 11.6. The van der Waals surface area contributed by atoms with E-state index in [0.717, 1.165) is 12.8 Å². The molecule has 0 saturated heterocycles. The average molecular weight is 244 g/mol. The quantitative estimate of drug-likeness (QED) is 0.596. The van der Waals surface area contributed by atoms with Gasteiger partial charge in [-0.1, -0.05) is 13.8 Å². The van der Waals surface area contributed by atoms with Gasteiger partial charge >= 0.3 is 5.97 Å². The minimum Gasteiger partial charge on any atom is -0.481 e. The van der Waals surface area contributed by atoms with E-state index in [1.54, 1.807) is 6.92 Å². The summed E-state index contributed by atoms with van der Waals surface area (Å²) in [5.74, 6) is -0.995. The van der Waals surface area contributed by atoms with E-state index in [2.05, 4.69) is 19.2 Å². The van der Waals surface area contributed by atoms with E-state index in [4.69, 9.17) is 10.8 Å². The number of carbonyl (C=O) groups is 2. The van der Waals surface area contributed by atoms with Crippen LogP contribution in [-0.2, 0) is 9.59 Å². The van der Waals surface area contributed by atoms with Crippen LogP contribution in [0.25, 0.3) is 0 Å². The van der Waals surface area contributed by atoms with Gasteiger partial charge in [0.2, 0.25) is 5.91 Å². The number of hydrogen-bond donors (Lipinski definition) is 3. The van der Waals surface area contributed by atoms with Crippen LogP contribution in [0.4, 0.5) is 0 Å². The van der Waals surface area contributed by atoms with Crippen molar-refractivity contribution in [3.63, 3.8) is 0 Å². The Hall–Kier alpha value is -1.10. The molecule has 0 fully saturated rings. The molecule has 100 valence electrons. The summed E-state index contributed by atoms with van der Waals surface area (Å²) in [5.41, 5.74) is 5.55. The van der Waals surface area contributed by atoms with Crippen LogP contribution in [0.3, 0.4) is 0 Å². The molecule has 17 heavy (non-hydrogen) atoms. The van der Waals surface area contributed by atoms with E-state index in [9.17, 15) is 9.59 Å². The Labute approximate surface area is 103 Å². The molecule has 5 heteroatoms. The zero-order valence-electron chi connectivity index (χ0n) is 11.0. The number of amides is 1. The molecule has 1 amide bonds. The zero-order chi connectivity index (χ0) is 13.5. The summed E-state index contributed by atoms with van der Waals surface area (Å²) >= 11 is 0. The van der Waals surface area contributed by atoms with E-state index < -0.39 is 5.97 Å². The molecule has 1 unspecified atom stereocenters. The Morgan fingerprint density at radius 1 is 1.35 bits per heavy atom. The summed E-state index contributed by atoms with van der Waals surface area (Å²) in [5, 5.41) is 11.2. The van der Waals surface area contributed by atoms with Crippen molar-refractivity contribution >= 4 is 11.9 Å². The fourth-order valence-electron chi connectivity index (χ4n) is 1.63. The number of rotatable bonds is 8. The predicted molar refractivity (Wildman–Crippen MR) is 66.5 cm³/mol. The third kappa shape index (κ3) is 8.68. The molecule has 0 heterocycles. The van der Waals surface area contributed by atoms with Gasteiger partial charge in [0.15, 0.2) is 0 Å². The molecule has 5 nitrogen and oxygen atoms in total. The summed E-state index contributed by atoms with van der Waals surface area (Å²) in [7, 11) is 0. The van der Waals surface area contributed by atoms with Crippen LogP contribution in [-0.4, -0.2) is 29.6 Å². The minimum absolute atomic E-state index is 0.0437. The van der Waals surface area contributed by atoms with Crippen LogP contribution >= 0.6 is 0 Å². The highest BCUT2D eigenvalue weighted by Crippen LogP contribution is 2.25. The zero-order valence-corrected chi connectivity index (χ0v) is 11.0. The molecule has 0 radical (unpaired) electrons. The van der Waals surface area contributed by atoms with E-state index >= 15 is 0 Å². The van der Waals surface area contributed by atoms with Crippen LogP contribution in [0.15, 0.2) is 0 Å². The van der Waals surface area contributed by atoms with Gasteiger partial charge in [-0.15, -0.1) is 0 Å². The molecule has 0 rings (SSSR count). The fraction of sp³-hybridized carbons (Fsp3) is 0.833. The van der Waals surface area contributed by atoms with Crippen LogP contribution in [0, 0.1) is 5.41 Å². The normalized spacial score (nSPS) is 13.2. The van der Waals surface area contributed by atoms with Gasteiger partial charge in [0.05, 0.1) is 6.42 Å². The van der Waals surface area contributed by atoms with Crippen molar-refractivity contribution in [2.75, 3.05) is 6.54 Å². The third-order valence-corrected chi connectivity index (χ3v) is 2.74. The highest BCUT2D eigenvalue weighted by atomic mass is 16.4. The first-order valence-electron chi connectivity index (χ1n) is 5.98. The molecule has 0 aromatic rings. The van der Waals surface area contributed by atoms with E-state index in [1.165, 1.54) is 0 Å². The molecule has 4 N–H and O–H groups in total. The Morgan fingerprint density at radius 3 is 2.41 bits per heavy atom. The first-order chi connectivity index (χ1) is 7.76. The number of carbonyl (C=O) groups excluding carboxylic acids is 1. The smallest absolute Gasteiger partial charge is 0.305 e. The second kappa shape index (κ2) is 7.27. The van der Waals surface area contributed by atoms with Crippen LogP contribution in [0.2, 0.25) is 0 Å². The molecule has 0 aromatic heterocycles. The van der Waals surface area contributed by atoms with Gasteiger partial charge in [0, 0.05) is 12.5 Å². The Kier molecular flexibility index (Phi) is 6.80. The lowest BCUT2D eigenvalue weighted by molar-refractivity contribution is -0.137. The number of nitrogens with one attached hydrogen (secondary N) is 1. The molecule has 0 spiro atoms. The molecule has 0 aliphatic rings. The molecule has 0 bridgehead atoms. The highest BCUT2D eigenvalue weighted by Gasteiger charge is 2.19. The summed E-state index contributed by atoms with van der Waals surface area (Å²) in [6.07, 6.45) is 2.01. The Bertz CT molecular complexity index is 264. The van der Waals surface area contributed by atoms with Crippen LogP contribution < -0.4 is 11.1 Å². The first-order valence-corrected chi connectivity index (χ1v) is 5.98. The van der Waals surface area contributed by atoms with Crippen molar-refractivity contribution in [3.05, 3.63) is 0 Å². The van der Waals surface area contributed by atoms with Gasteiger partial charge in [0.1, 0.15) is 0 Å². The molecule has 0 aliphatic heterocycles. The van der Waals surface area contributed by atoms with Gasteiger partial charge in [-0.3, -0.25) is 9.59 Å². The number of carboxylic acids is 1. The Balaban J connectivity index is 3.90. The maximum absolute atomic E-state index is 11.6. The van der Waals surface area contributed by atoms with Gasteiger partial charge in [-0.25, -0.2) is 0 Å². The van der Waals surface area contributed by atoms with E-state index in [1.807, 2.05) is 0 Å². The number of nitrogens with two attached hydrogens (primary N) is 1. The summed E-state index contributed by atoms with van der Waals surface area (Å²) in [6.45, 7) is 6.46. The van der Waals surface area contributed by atoms with E-state index in [0.29, 0.717) is 13.0 Å². The van der Waals surface area contributed by atoms with Gasteiger partial charge in [-0.05, 0) is 31.7 Å². The summed E-state index contributed by atoms with van der Waals surface area (Å²) in [4.78, 5) is 22.0. The largest absolute Gasteiger partial charge is 0.481 e. The summed E-state index contributed by atoms with van der Waals surface area (Å²) in [6, 6.07) is -0.322. The second-order valence-corrected chi connectivity index (χ2v) is 5.27. The lowest BCUT2D eigenvalue weighted by Gasteiger charge is -2.23. The molecule has 0 aromatic carbocycles. The van der Waals surface area contributed by atoms with Crippen LogP contribution in [0.5, 0.6) is 0 Å². The van der Waals surface area contributed by atoms with Crippen molar-refractivity contribution in [2.45, 2.75) is 52.5 Å². The number of hydrogen-bond acceptors (Lipinski definition) is 3. The molecule has 0 aliphatic carbocycles. The van der Waals surface area contributed by atoms with Gasteiger partial charge < -0.3 is 16.2 Å². The number of carboxylic acid groups (broad SMARTS) is 1. The standard InChI is InChI=1S/C12H24N2O3/c1-9(8-11(16)17)14-10(15)4-5-12(2,3)6-7-13/h9H,4-8,13H2,1-3H3,(H,14,15)(H,16,17). The van der Waals surface area contributed by atoms with E-state index in [-0.39, 0.29) is 23.8 Å². The fourth-order valence-corrected chi connectivity index (χ4v) is 1.63. The average Bonchev–Trinajstić information content (AvgIpc) is 2.13. The minimum atomic E-state index is -0.902. The van der Waals surface area contributed by atoms with Crippen molar-refractivity contribution < 1.29 is 14.7 Å². The lowest BCUT2D eigenvalue weighted by atomic mass is 9.84. The van der Waals surface area contributed by atoms with Crippen molar-refractivity contribution in [1.29, 1.82) is 0 Å². The van der Waals surface area contributed by atoms with Crippen molar-refractivity contribution in [2.24, 2.45) is 11.1 Å². The SMILES string of the molecule is CC(CC(=O)O)NC(=O)CCC(C)(C)CCN. The van der Waals surface area contributed by atoms with Crippen molar-refractivity contribution in [1.82, 2.24) is 5.32 Å². The molecule has 0 saturated carbocycles. The second-order valence-electron chi connectivity index (χ2n) is 5.27. The predicted octanol–water partition coefficient (Wildman–Crippen LogP) is 1.12. The molecular formula is C12H24N2O3. The highest BCUT2D eigenvalue weighted by molar-refractivity contribution is 5.77. The Morgan fingerprint density at radius 2 is 1.94 bits per heavy atom. The molecule has 1 atom stereocenters. The van der Waals surface area contributed by atoms with Crippen molar-refractivity contribution in [3.8, 4) is 0 Å². The summed E-state index contributed by atoms with van der Waals surface area (Å²) < 4.78 is 0. The topological polar surface area (TPSA) is 92.4 Å². The molecular weight excluding hydrogens is 220 g/mol. The van der Waals surface area contributed by atoms with Gasteiger partial charge in [0.25, 0.3) is 0 Å². The third-order valence-electron chi connectivity index (χ3n) is 2.74. The maximum Gasteiger partial charge on any atom is 0.305 e. The monoisotopic (exact) mass is 244 g/mol.